The third-order valence-electron chi connectivity index (χ3n) is 2.92. The number of aliphatic hydroxyl groups is 1. The summed E-state index contributed by atoms with van der Waals surface area (Å²) in [5.74, 6) is 0.511. The summed E-state index contributed by atoms with van der Waals surface area (Å²) < 4.78 is 0. The average molecular weight is 261 g/mol. The molecule has 4 heteroatoms. The number of hydrogen-bond acceptors (Lipinski definition) is 4. The van der Waals surface area contributed by atoms with Crippen molar-refractivity contribution in [2.24, 2.45) is 5.92 Å². The van der Waals surface area contributed by atoms with Gasteiger partial charge in [-0.05, 0) is 23.6 Å². The minimum Gasteiger partial charge on any atom is -0.399 e. The van der Waals surface area contributed by atoms with Crippen molar-refractivity contribution in [2.75, 3.05) is 25.4 Å². The molecule has 1 unspecified atom stereocenters. The smallest absolute Gasteiger partial charge is 0.0916 e. The standard InChI is InChI=1S/C15H23N3O/c1-12(2)10-18(9-3-8-16)11-15(19)13-4-6-14(17)7-5-13/h4-7,12,15,19H,3,9-11,17H2,1-2H3. The molecule has 0 aliphatic carbocycles. The van der Waals surface area contributed by atoms with Crippen LogP contribution in [0.4, 0.5) is 5.69 Å². The Labute approximate surface area is 115 Å². The van der Waals surface area contributed by atoms with E-state index < -0.39 is 6.10 Å². The SMILES string of the molecule is CC(C)CN(CCC#N)CC(O)c1ccc(N)cc1. The highest BCUT2D eigenvalue weighted by atomic mass is 16.3. The topological polar surface area (TPSA) is 73.3 Å². The predicted molar refractivity (Wildman–Crippen MR) is 77.3 cm³/mol. The van der Waals surface area contributed by atoms with E-state index in [1.807, 2.05) is 12.1 Å². The van der Waals surface area contributed by atoms with Crippen LogP contribution in [-0.4, -0.2) is 29.6 Å². The third-order valence-corrected chi connectivity index (χ3v) is 2.92. The first-order valence-electron chi connectivity index (χ1n) is 6.65. The number of anilines is 1. The van der Waals surface area contributed by atoms with Gasteiger partial charge in [0.05, 0.1) is 12.2 Å². The van der Waals surface area contributed by atoms with Crippen LogP contribution in [0.15, 0.2) is 24.3 Å². The fourth-order valence-electron chi connectivity index (χ4n) is 2.05. The summed E-state index contributed by atoms with van der Waals surface area (Å²) in [7, 11) is 0. The maximum atomic E-state index is 10.2. The van der Waals surface area contributed by atoms with E-state index in [1.165, 1.54) is 0 Å². The quantitative estimate of drug-likeness (QED) is 0.738. The zero-order chi connectivity index (χ0) is 14.3. The van der Waals surface area contributed by atoms with Gasteiger partial charge in [-0.2, -0.15) is 5.26 Å². The van der Waals surface area contributed by atoms with Gasteiger partial charge < -0.3 is 10.8 Å². The molecular weight excluding hydrogens is 238 g/mol. The number of nitrogens with zero attached hydrogens (tertiary/aromatic N) is 2. The van der Waals surface area contributed by atoms with E-state index in [-0.39, 0.29) is 0 Å². The molecule has 104 valence electrons. The molecule has 0 amide bonds. The second-order valence-electron chi connectivity index (χ2n) is 5.24. The minimum absolute atomic E-state index is 0.487. The van der Waals surface area contributed by atoms with E-state index in [9.17, 15) is 5.11 Å². The Morgan fingerprint density at radius 3 is 2.42 bits per heavy atom. The number of aliphatic hydroxyl groups excluding tert-OH is 1. The van der Waals surface area contributed by atoms with Crippen molar-refractivity contribution >= 4 is 5.69 Å². The van der Waals surface area contributed by atoms with E-state index in [1.54, 1.807) is 12.1 Å². The molecule has 0 aromatic heterocycles. The largest absolute Gasteiger partial charge is 0.399 e. The van der Waals surface area contributed by atoms with Gasteiger partial charge in [0.15, 0.2) is 0 Å². The van der Waals surface area contributed by atoms with Crippen molar-refractivity contribution in [1.82, 2.24) is 4.90 Å². The second-order valence-corrected chi connectivity index (χ2v) is 5.24. The normalized spacial score (nSPS) is 12.6. The van der Waals surface area contributed by atoms with Crippen LogP contribution in [-0.2, 0) is 0 Å². The molecule has 0 heterocycles. The molecule has 0 spiro atoms. The summed E-state index contributed by atoms with van der Waals surface area (Å²) in [6, 6.07) is 9.43. The third kappa shape index (κ3) is 5.73. The van der Waals surface area contributed by atoms with Gasteiger partial charge in [0, 0.05) is 31.7 Å². The van der Waals surface area contributed by atoms with Crippen LogP contribution in [0, 0.1) is 17.2 Å². The first-order valence-corrected chi connectivity index (χ1v) is 6.65. The van der Waals surface area contributed by atoms with E-state index in [0.717, 1.165) is 12.1 Å². The van der Waals surface area contributed by atoms with Crippen molar-refractivity contribution in [2.45, 2.75) is 26.4 Å². The summed E-state index contributed by atoms with van der Waals surface area (Å²) in [5.41, 5.74) is 7.19. The molecule has 0 bridgehead atoms. The fourth-order valence-corrected chi connectivity index (χ4v) is 2.05. The number of benzene rings is 1. The lowest BCUT2D eigenvalue weighted by atomic mass is 10.1. The van der Waals surface area contributed by atoms with Gasteiger partial charge >= 0.3 is 0 Å². The van der Waals surface area contributed by atoms with Gasteiger partial charge in [0.2, 0.25) is 0 Å². The Kier molecular flexibility index (Phi) is 6.34. The summed E-state index contributed by atoms with van der Waals surface area (Å²) in [5, 5.41) is 18.9. The molecule has 1 atom stereocenters. The lowest BCUT2D eigenvalue weighted by Gasteiger charge is -2.26. The number of hydrogen-bond donors (Lipinski definition) is 2. The predicted octanol–water partition coefficient (Wildman–Crippen LogP) is 2.17. The van der Waals surface area contributed by atoms with Crippen molar-refractivity contribution in [3.05, 3.63) is 29.8 Å². The highest BCUT2D eigenvalue weighted by Gasteiger charge is 2.14. The summed E-state index contributed by atoms with van der Waals surface area (Å²) in [4.78, 5) is 2.13. The molecule has 1 aromatic rings. The van der Waals surface area contributed by atoms with E-state index >= 15 is 0 Å². The molecule has 1 aromatic carbocycles. The van der Waals surface area contributed by atoms with Crippen molar-refractivity contribution in [1.29, 1.82) is 5.26 Å². The number of nitrogen functional groups attached to an aromatic ring is 1. The lowest BCUT2D eigenvalue weighted by molar-refractivity contribution is 0.107. The number of nitrogens with two attached hydrogens (primary N) is 1. The Morgan fingerprint density at radius 2 is 1.89 bits per heavy atom. The van der Waals surface area contributed by atoms with E-state index in [2.05, 4.69) is 24.8 Å². The maximum absolute atomic E-state index is 10.2. The molecule has 0 radical (unpaired) electrons. The molecule has 0 fully saturated rings. The van der Waals surface area contributed by atoms with Gasteiger partial charge in [0.25, 0.3) is 0 Å². The maximum Gasteiger partial charge on any atom is 0.0916 e. The molecule has 1 rings (SSSR count). The van der Waals surface area contributed by atoms with Crippen LogP contribution >= 0.6 is 0 Å². The molecule has 0 saturated carbocycles. The zero-order valence-corrected chi connectivity index (χ0v) is 11.7. The number of nitriles is 1. The fraction of sp³-hybridized carbons (Fsp3) is 0.533. The van der Waals surface area contributed by atoms with Crippen LogP contribution < -0.4 is 5.73 Å². The Bertz CT molecular complexity index is 408. The van der Waals surface area contributed by atoms with Crippen molar-refractivity contribution in [3.63, 3.8) is 0 Å². The molecule has 0 aliphatic heterocycles. The van der Waals surface area contributed by atoms with Gasteiger partial charge in [0.1, 0.15) is 0 Å². The summed E-state index contributed by atoms with van der Waals surface area (Å²) in [6.07, 6.45) is -0.0562. The van der Waals surface area contributed by atoms with Gasteiger partial charge in [-0.1, -0.05) is 26.0 Å². The van der Waals surface area contributed by atoms with Crippen LogP contribution in [0.2, 0.25) is 0 Å². The lowest BCUT2D eigenvalue weighted by Crippen LogP contribution is -2.32. The van der Waals surface area contributed by atoms with Crippen LogP contribution in [0.25, 0.3) is 0 Å². The number of rotatable bonds is 7. The zero-order valence-electron chi connectivity index (χ0n) is 11.7. The molecule has 19 heavy (non-hydrogen) atoms. The van der Waals surface area contributed by atoms with Crippen molar-refractivity contribution < 1.29 is 5.11 Å². The van der Waals surface area contributed by atoms with Crippen molar-refractivity contribution in [3.8, 4) is 6.07 Å². The monoisotopic (exact) mass is 261 g/mol. The molecule has 3 N–H and O–H groups in total. The van der Waals surface area contributed by atoms with Gasteiger partial charge in [-0.15, -0.1) is 0 Å². The molecule has 0 saturated heterocycles. The van der Waals surface area contributed by atoms with Crippen LogP contribution in [0.3, 0.4) is 0 Å². The highest BCUT2D eigenvalue weighted by Crippen LogP contribution is 2.16. The Morgan fingerprint density at radius 1 is 1.26 bits per heavy atom. The van der Waals surface area contributed by atoms with Crippen LogP contribution in [0.1, 0.15) is 31.9 Å². The Balaban J connectivity index is 2.61. The van der Waals surface area contributed by atoms with E-state index in [0.29, 0.717) is 31.1 Å². The highest BCUT2D eigenvalue weighted by molar-refractivity contribution is 5.39. The molecule has 4 nitrogen and oxygen atoms in total. The second kappa shape index (κ2) is 7.78. The molecule has 0 aliphatic rings. The summed E-state index contributed by atoms with van der Waals surface area (Å²) >= 11 is 0. The minimum atomic E-state index is -0.543. The van der Waals surface area contributed by atoms with Crippen LogP contribution in [0.5, 0.6) is 0 Å². The van der Waals surface area contributed by atoms with E-state index in [4.69, 9.17) is 11.0 Å². The Hall–Kier alpha value is -1.57. The summed E-state index contributed by atoms with van der Waals surface area (Å²) in [6.45, 7) is 6.39. The average Bonchev–Trinajstić information content (AvgIpc) is 2.36. The first kappa shape index (κ1) is 15.5. The first-order chi connectivity index (χ1) is 9.02. The molecular formula is C15H23N3O. The van der Waals surface area contributed by atoms with Gasteiger partial charge in [-0.25, -0.2) is 0 Å². The van der Waals surface area contributed by atoms with Gasteiger partial charge in [-0.3, -0.25) is 4.90 Å².